The van der Waals surface area contributed by atoms with Crippen molar-refractivity contribution in [3.05, 3.63) is 121 Å². The van der Waals surface area contributed by atoms with Crippen LogP contribution >= 0.6 is 0 Å². The molecule has 0 aliphatic heterocycles. The van der Waals surface area contributed by atoms with Crippen molar-refractivity contribution >= 4 is 24.1 Å². The van der Waals surface area contributed by atoms with Gasteiger partial charge in [0.25, 0.3) is 0 Å². The molecular formula is C31H20BN3. The molecule has 0 aliphatic carbocycles. The van der Waals surface area contributed by atoms with Crippen LogP contribution in [-0.4, -0.2) is 22.8 Å². The fourth-order valence-electron chi connectivity index (χ4n) is 4.35. The minimum atomic E-state index is 0.589. The van der Waals surface area contributed by atoms with E-state index in [0.717, 1.165) is 27.8 Å². The lowest BCUT2D eigenvalue weighted by atomic mass is 9.88. The summed E-state index contributed by atoms with van der Waals surface area (Å²) in [7, 11) is 6.41. The maximum Gasteiger partial charge on any atom is 0.164 e. The van der Waals surface area contributed by atoms with Crippen molar-refractivity contribution in [2.45, 2.75) is 0 Å². The van der Waals surface area contributed by atoms with Crippen LogP contribution in [0.25, 0.3) is 56.1 Å². The van der Waals surface area contributed by atoms with E-state index < -0.39 is 0 Å². The summed E-state index contributed by atoms with van der Waals surface area (Å²) >= 11 is 0. The molecule has 0 saturated carbocycles. The molecule has 2 radical (unpaired) electrons. The smallest absolute Gasteiger partial charge is 0.164 e. The van der Waals surface area contributed by atoms with Crippen molar-refractivity contribution in [3.8, 4) is 45.3 Å². The van der Waals surface area contributed by atoms with E-state index >= 15 is 0 Å². The molecule has 1 heterocycles. The number of rotatable bonds is 4. The molecule has 0 fully saturated rings. The first kappa shape index (κ1) is 21.0. The fourth-order valence-corrected chi connectivity index (χ4v) is 4.35. The highest BCUT2D eigenvalue weighted by molar-refractivity contribution is 6.33. The number of aromatic nitrogens is 3. The standard InChI is InChI=1S/C31H20BN3/c32-26-19-24(28-17-9-15-21-10-7-8-16-27(21)28)18-25(20-26)31-34-29(22-11-3-1-4-12-22)33-30(35-31)23-13-5-2-6-14-23/h1-20H. The highest BCUT2D eigenvalue weighted by Gasteiger charge is 2.14. The lowest BCUT2D eigenvalue weighted by Gasteiger charge is -2.12. The molecule has 6 aromatic rings. The summed E-state index contributed by atoms with van der Waals surface area (Å²) < 4.78 is 0. The molecule has 5 aromatic carbocycles. The van der Waals surface area contributed by atoms with Crippen LogP contribution < -0.4 is 5.46 Å². The predicted molar refractivity (Wildman–Crippen MR) is 144 cm³/mol. The quantitative estimate of drug-likeness (QED) is 0.291. The van der Waals surface area contributed by atoms with Crippen LogP contribution in [0, 0.1) is 0 Å². The third-order valence-electron chi connectivity index (χ3n) is 6.01. The second kappa shape index (κ2) is 9.00. The molecular weight excluding hydrogens is 425 g/mol. The average molecular weight is 445 g/mol. The number of hydrogen-bond donors (Lipinski definition) is 0. The highest BCUT2D eigenvalue weighted by atomic mass is 15.0. The van der Waals surface area contributed by atoms with Gasteiger partial charge in [0.1, 0.15) is 7.85 Å². The lowest BCUT2D eigenvalue weighted by Crippen LogP contribution is -2.06. The molecule has 0 saturated heterocycles. The number of hydrogen-bond acceptors (Lipinski definition) is 3. The molecule has 0 bridgehead atoms. The Morgan fingerprint density at radius 2 is 0.943 bits per heavy atom. The van der Waals surface area contributed by atoms with E-state index in [2.05, 4.69) is 48.5 Å². The first-order valence-corrected chi connectivity index (χ1v) is 11.5. The molecule has 0 amide bonds. The van der Waals surface area contributed by atoms with Crippen molar-refractivity contribution in [2.24, 2.45) is 0 Å². The van der Waals surface area contributed by atoms with Gasteiger partial charge in [0, 0.05) is 16.7 Å². The zero-order valence-electron chi connectivity index (χ0n) is 19.0. The normalized spacial score (nSPS) is 11.0. The van der Waals surface area contributed by atoms with Gasteiger partial charge in [-0.1, -0.05) is 121 Å². The summed E-state index contributed by atoms with van der Waals surface area (Å²) in [5.74, 6) is 1.85. The van der Waals surface area contributed by atoms with Crippen LogP contribution in [0.4, 0.5) is 0 Å². The molecule has 0 aliphatic rings. The minimum Gasteiger partial charge on any atom is -0.208 e. The molecule has 35 heavy (non-hydrogen) atoms. The zero-order valence-corrected chi connectivity index (χ0v) is 19.0. The first-order valence-electron chi connectivity index (χ1n) is 11.5. The van der Waals surface area contributed by atoms with Gasteiger partial charge in [-0.15, -0.1) is 0 Å². The van der Waals surface area contributed by atoms with E-state index in [1.54, 1.807) is 0 Å². The second-order valence-electron chi connectivity index (χ2n) is 8.41. The number of nitrogens with zero attached hydrogens (tertiary/aromatic N) is 3. The molecule has 0 unspecified atom stereocenters. The van der Waals surface area contributed by atoms with E-state index in [9.17, 15) is 0 Å². The molecule has 162 valence electrons. The van der Waals surface area contributed by atoms with Crippen LogP contribution in [0.2, 0.25) is 0 Å². The Kier molecular flexibility index (Phi) is 5.40. The van der Waals surface area contributed by atoms with Gasteiger partial charge in [0.15, 0.2) is 17.5 Å². The number of fused-ring (bicyclic) bond motifs is 1. The second-order valence-corrected chi connectivity index (χ2v) is 8.41. The predicted octanol–water partition coefficient (Wildman–Crippen LogP) is 6.49. The van der Waals surface area contributed by atoms with Gasteiger partial charge in [0.2, 0.25) is 0 Å². The van der Waals surface area contributed by atoms with Gasteiger partial charge in [-0.3, -0.25) is 0 Å². The zero-order chi connectivity index (χ0) is 23.6. The molecule has 6 rings (SSSR count). The van der Waals surface area contributed by atoms with E-state index in [1.807, 2.05) is 72.8 Å². The van der Waals surface area contributed by atoms with Crippen molar-refractivity contribution in [1.82, 2.24) is 15.0 Å². The number of benzene rings is 5. The highest BCUT2D eigenvalue weighted by Crippen LogP contribution is 2.31. The third-order valence-corrected chi connectivity index (χ3v) is 6.01. The Morgan fingerprint density at radius 1 is 0.429 bits per heavy atom. The van der Waals surface area contributed by atoms with Crippen LogP contribution in [0.5, 0.6) is 0 Å². The first-order chi connectivity index (χ1) is 17.2. The van der Waals surface area contributed by atoms with E-state index in [0.29, 0.717) is 22.9 Å². The monoisotopic (exact) mass is 445 g/mol. The molecule has 3 nitrogen and oxygen atoms in total. The van der Waals surface area contributed by atoms with Crippen LogP contribution in [-0.2, 0) is 0 Å². The van der Waals surface area contributed by atoms with E-state index in [1.165, 1.54) is 10.8 Å². The summed E-state index contributed by atoms with van der Waals surface area (Å²) in [6.07, 6.45) is 0. The van der Waals surface area contributed by atoms with Gasteiger partial charge >= 0.3 is 0 Å². The summed E-state index contributed by atoms with van der Waals surface area (Å²) in [6.45, 7) is 0. The maximum atomic E-state index is 6.41. The lowest BCUT2D eigenvalue weighted by molar-refractivity contribution is 1.07. The topological polar surface area (TPSA) is 38.7 Å². The van der Waals surface area contributed by atoms with E-state index in [4.69, 9.17) is 22.8 Å². The fraction of sp³-hybridized carbons (Fsp3) is 0. The van der Waals surface area contributed by atoms with Gasteiger partial charge < -0.3 is 0 Å². The van der Waals surface area contributed by atoms with Gasteiger partial charge in [-0.2, -0.15) is 0 Å². The Balaban J connectivity index is 1.55. The van der Waals surface area contributed by atoms with Gasteiger partial charge in [0.05, 0.1) is 0 Å². The summed E-state index contributed by atoms with van der Waals surface area (Å²) in [6, 6.07) is 40.7. The molecule has 0 atom stereocenters. The van der Waals surface area contributed by atoms with Gasteiger partial charge in [-0.05, 0) is 28.0 Å². The van der Waals surface area contributed by atoms with Crippen LogP contribution in [0.3, 0.4) is 0 Å². The van der Waals surface area contributed by atoms with E-state index in [-0.39, 0.29) is 0 Å². The van der Waals surface area contributed by atoms with Crippen molar-refractivity contribution in [1.29, 1.82) is 0 Å². The van der Waals surface area contributed by atoms with Gasteiger partial charge in [-0.25, -0.2) is 15.0 Å². The van der Waals surface area contributed by atoms with Crippen LogP contribution in [0.15, 0.2) is 121 Å². The third kappa shape index (κ3) is 4.22. The molecule has 0 N–H and O–H groups in total. The maximum absolute atomic E-state index is 6.41. The summed E-state index contributed by atoms with van der Waals surface area (Å²) in [5, 5.41) is 2.36. The van der Waals surface area contributed by atoms with Crippen LogP contribution in [0.1, 0.15) is 0 Å². The Hall–Kier alpha value is -4.57. The van der Waals surface area contributed by atoms with Crippen molar-refractivity contribution < 1.29 is 0 Å². The summed E-state index contributed by atoms with van der Waals surface area (Å²) in [4.78, 5) is 14.5. The SMILES string of the molecule is [B]c1cc(-c2nc(-c3ccccc3)nc(-c3ccccc3)n2)cc(-c2cccc3ccccc23)c1. The summed E-state index contributed by atoms with van der Waals surface area (Å²) in [5.41, 5.74) is 5.54. The Morgan fingerprint density at radius 3 is 1.60 bits per heavy atom. The largest absolute Gasteiger partial charge is 0.208 e. The van der Waals surface area contributed by atoms with Crippen molar-refractivity contribution in [2.75, 3.05) is 0 Å². The molecule has 4 heteroatoms. The average Bonchev–Trinajstić information content (AvgIpc) is 2.93. The Bertz CT molecular complexity index is 1580. The molecule has 0 spiro atoms. The Labute approximate surface area is 205 Å². The van der Waals surface area contributed by atoms with Crippen molar-refractivity contribution in [3.63, 3.8) is 0 Å². The molecule has 1 aromatic heterocycles. The minimum absolute atomic E-state index is 0.589.